The first-order chi connectivity index (χ1) is 13.7. The summed E-state index contributed by atoms with van der Waals surface area (Å²) in [5.74, 6) is 1.95. The Morgan fingerprint density at radius 3 is 2.64 bits per heavy atom. The van der Waals surface area contributed by atoms with Gasteiger partial charge in [0.25, 0.3) is 0 Å². The highest BCUT2D eigenvalue weighted by Gasteiger charge is 2.27. The van der Waals surface area contributed by atoms with E-state index in [1.165, 1.54) is 4.90 Å². The van der Waals surface area contributed by atoms with Gasteiger partial charge in [0.2, 0.25) is 0 Å². The standard InChI is InChI=1S/C20H26N6OS/c1-3-15-13-26-14-21-18(12-19(26)22-15)24-8-10-25(11-9-24)20(27)23-16-4-6-17(28-2)7-5-16/h4-7,12,14-15H,3,8-11,13H2,1-2H3,(H,23,27)/t15-/m0/s1. The lowest BCUT2D eigenvalue weighted by molar-refractivity contribution is 0.167. The van der Waals surface area contributed by atoms with E-state index in [0.717, 1.165) is 43.4 Å². The zero-order valence-electron chi connectivity index (χ0n) is 16.3. The third-order valence-corrected chi connectivity index (χ3v) is 6.05. The van der Waals surface area contributed by atoms with Crippen LogP contribution in [0.3, 0.4) is 0 Å². The maximum Gasteiger partial charge on any atom is 0.321 e. The molecule has 0 radical (unpaired) electrons. The number of carbonyl (C=O) groups excluding carboxylic acids is 1. The van der Waals surface area contributed by atoms with Crippen molar-refractivity contribution in [2.45, 2.75) is 24.3 Å². The Morgan fingerprint density at radius 2 is 1.96 bits per heavy atom. The van der Waals surface area contributed by atoms with Crippen LogP contribution in [0, 0.1) is 0 Å². The van der Waals surface area contributed by atoms with Crippen molar-refractivity contribution in [1.82, 2.24) is 14.7 Å². The van der Waals surface area contributed by atoms with E-state index in [-0.39, 0.29) is 6.03 Å². The second-order valence-electron chi connectivity index (χ2n) is 7.08. The predicted octanol–water partition coefficient (Wildman–Crippen LogP) is 2.93. The number of nitrogens with zero attached hydrogens (tertiary/aromatic N) is 5. The third-order valence-electron chi connectivity index (χ3n) is 5.31. The van der Waals surface area contributed by atoms with Crippen molar-refractivity contribution in [1.29, 1.82) is 0 Å². The molecule has 0 spiro atoms. The fourth-order valence-corrected chi connectivity index (χ4v) is 3.95. The minimum absolute atomic E-state index is 0.0465. The summed E-state index contributed by atoms with van der Waals surface area (Å²) in [7, 11) is 0. The van der Waals surface area contributed by atoms with Gasteiger partial charge in [0.05, 0.1) is 12.4 Å². The van der Waals surface area contributed by atoms with E-state index in [1.807, 2.05) is 41.8 Å². The Kier molecular flexibility index (Phi) is 5.57. The summed E-state index contributed by atoms with van der Waals surface area (Å²) in [4.78, 5) is 29.3. The van der Waals surface area contributed by atoms with Crippen LogP contribution in [0.2, 0.25) is 0 Å². The molecule has 8 heteroatoms. The number of fused-ring (bicyclic) bond motifs is 1. The molecule has 0 bridgehead atoms. The Morgan fingerprint density at radius 1 is 1.21 bits per heavy atom. The van der Waals surface area contributed by atoms with Crippen LogP contribution in [-0.2, 0) is 0 Å². The molecule has 2 amide bonds. The van der Waals surface area contributed by atoms with Gasteiger partial charge in [-0.1, -0.05) is 6.92 Å². The Balaban J connectivity index is 1.32. The van der Waals surface area contributed by atoms with E-state index in [4.69, 9.17) is 4.99 Å². The first-order valence-electron chi connectivity index (χ1n) is 9.71. The molecule has 3 aliphatic rings. The van der Waals surface area contributed by atoms with Gasteiger partial charge in [-0.05, 0) is 36.9 Å². The van der Waals surface area contributed by atoms with Crippen LogP contribution < -0.4 is 5.32 Å². The summed E-state index contributed by atoms with van der Waals surface area (Å²) in [6.45, 7) is 5.98. The molecule has 7 nitrogen and oxygen atoms in total. The van der Waals surface area contributed by atoms with Crippen molar-refractivity contribution in [2.24, 2.45) is 9.98 Å². The summed E-state index contributed by atoms with van der Waals surface area (Å²) in [6.07, 6.45) is 7.04. The molecular formula is C20H26N6OS. The predicted molar refractivity (Wildman–Crippen MR) is 115 cm³/mol. The monoisotopic (exact) mass is 398 g/mol. The lowest BCUT2D eigenvalue weighted by Crippen LogP contribution is -2.49. The summed E-state index contributed by atoms with van der Waals surface area (Å²) >= 11 is 1.69. The molecule has 1 aromatic rings. The number of amidine groups is 1. The number of piperazine rings is 1. The third kappa shape index (κ3) is 4.01. The summed E-state index contributed by atoms with van der Waals surface area (Å²) in [6, 6.07) is 8.24. The lowest BCUT2D eigenvalue weighted by Gasteiger charge is -2.36. The average Bonchev–Trinajstić information content (AvgIpc) is 3.17. The zero-order valence-corrected chi connectivity index (χ0v) is 17.2. The van der Waals surface area contributed by atoms with Gasteiger partial charge in [-0.3, -0.25) is 4.99 Å². The number of urea groups is 1. The van der Waals surface area contributed by atoms with Crippen molar-refractivity contribution in [3.05, 3.63) is 36.2 Å². The van der Waals surface area contributed by atoms with Gasteiger partial charge < -0.3 is 20.0 Å². The first kappa shape index (κ1) is 18.9. The summed E-state index contributed by atoms with van der Waals surface area (Å²) < 4.78 is 0. The van der Waals surface area contributed by atoms with Gasteiger partial charge in [-0.2, -0.15) is 0 Å². The fourth-order valence-electron chi connectivity index (χ4n) is 3.54. The van der Waals surface area contributed by atoms with E-state index in [0.29, 0.717) is 19.1 Å². The zero-order chi connectivity index (χ0) is 19.5. The second-order valence-corrected chi connectivity index (χ2v) is 7.96. The van der Waals surface area contributed by atoms with Crippen molar-refractivity contribution in [3.63, 3.8) is 0 Å². The van der Waals surface area contributed by atoms with Crippen LogP contribution in [0.5, 0.6) is 0 Å². The first-order valence-corrected chi connectivity index (χ1v) is 10.9. The normalized spacial score (nSPS) is 21.4. The van der Waals surface area contributed by atoms with Crippen LogP contribution in [0.15, 0.2) is 51.0 Å². The molecule has 1 atom stereocenters. The average molecular weight is 399 g/mol. The number of nitrogens with one attached hydrogen (secondary N) is 1. The van der Waals surface area contributed by atoms with Crippen molar-refractivity contribution < 1.29 is 4.79 Å². The Hall–Kier alpha value is -2.48. The summed E-state index contributed by atoms with van der Waals surface area (Å²) in [5, 5.41) is 2.99. The molecule has 148 valence electrons. The highest BCUT2D eigenvalue weighted by molar-refractivity contribution is 7.98. The lowest BCUT2D eigenvalue weighted by atomic mass is 10.2. The molecule has 0 unspecified atom stereocenters. The van der Waals surface area contributed by atoms with Crippen LogP contribution in [-0.4, -0.2) is 77.9 Å². The maximum atomic E-state index is 12.5. The number of hydrogen-bond donors (Lipinski definition) is 1. The maximum absolute atomic E-state index is 12.5. The summed E-state index contributed by atoms with van der Waals surface area (Å²) in [5.41, 5.74) is 0.828. The molecule has 1 fully saturated rings. The van der Waals surface area contributed by atoms with E-state index in [1.54, 1.807) is 11.8 Å². The Bertz CT molecular complexity index is 810. The number of thioether (sulfide) groups is 1. The molecule has 0 aromatic heterocycles. The minimum atomic E-state index is -0.0465. The molecule has 28 heavy (non-hydrogen) atoms. The molecule has 1 saturated heterocycles. The van der Waals surface area contributed by atoms with E-state index in [2.05, 4.69) is 33.1 Å². The SMILES string of the molecule is CC[C@H]1CN2C=NC(N3CCN(C(=O)Nc4ccc(SC)cc4)CC3)=CC2=N1. The topological polar surface area (TPSA) is 63.5 Å². The molecule has 1 aromatic carbocycles. The fraction of sp³-hybridized carbons (Fsp3) is 0.450. The largest absolute Gasteiger partial charge is 0.353 e. The van der Waals surface area contributed by atoms with Gasteiger partial charge in [0, 0.05) is 49.4 Å². The highest BCUT2D eigenvalue weighted by Crippen LogP contribution is 2.21. The molecule has 0 aliphatic carbocycles. The number of amides is 2. The second kappa shape index (κ2) is 8.26. The van der Waals surface area contributed by atoms with Gasteiger partial charge in [-0.25, -0.2) is 9.79 Å². The molecule has 0 saturated carbocycles. The van der Waals surface area contributed by atoms with Gasteiger partial charge in [0.1, 0.15) is 11.7 Å². The van der Waals surface area contributed by atoms with Crippen LogP contribution in [0.4, 0.5) is 10.5 Å². The molecule has 4 rings (SSSR count). The minimum Gasteiger partial charge on any atom is -0.353 e. The molecular weight excluding hydrogens is 372 g/mol. The number of aliphatic imine (C=N–C) groups is 2. The molecule has 3 heterocycles. The molecule has 1 N–H and O–H groups in total. The number of rotatable bonds is 4. The van der Waals surface area contributed by atoms with Crippen LogP contribution in [0.25, 0.3) is 0 Å². The quantitative estimate of drug-likeness (QED) is 0.792. The molecule has 3 aliphatic heterocycles. The Labute approximate surface area is 170 Å². The van der Waals surface area contributed by atoms with Crippen molar-refractivity contribution in [2.75, 3.05) is 44.3 Å². The van der Waals surface area contributed by atoms with Crippen molar-refractivity contribution >= 4 is 35.7 Å². The van der Waals surface area contributed by atoms with E-state index >= 15 is 0 Å². The number of anilines is 1. The van der Waals surface area contributed by atoms with E-state index < -0.39 is 0 Å². The van der Waals surface area contributed by atoms with Gasteiger partial charge in [-0.15, -0.1) is 11.8 Å². The van der Waals surface area contributed by atoms with Crippen LogP contribution >= 0.6 is 11.8 Å². The van der Waals surface area contributed by atoms with Gasteiger partial charge >= 0.3 is 6.03 Å². The van der Waals surface area contributed by atoms with E-state index in [9.17, 15) is 4.79 Å². The number of carbonyl (C=O) groups is 1. The number of benzene rings is 1. The smallest absolute Gasteiger partial charge is 0.321 e. The highest BCUT2D eigenvalue weighted by atomic mass is 32.2. The number of hydrogen-bond acceptors (Lipinski definition) is 6. The van der Waals surface area contributed by atoms with Gasteiger partial charge in [0.15, 0.2) is 0 Å². The van der Waals surface area contributed by atoms with Crippen LogP contribution in [0.1, 0.15) is 13.3 Å². The van der Waals surface area contributed by atoms with Crippen molar-refractivity contribution in [3.8, 4) is 0 Å².